The van der Waals surface area contributed by atoms with E-state index in [4.69, 9.17) is 11.5 Å². The van der Waals surface area contributed by atoms with E-state index >= 15 is 0 Å². The van der Waals surface area contributed by atoms with Crippen molar-refractivity contribution in [3.8, 4) is 19.5 Å². The van der Waals surface area contributed by atoms with Crippen LogP contribution < -0.4 is 11.5 Å². The molecule has 3 aromatic heterocycles. The summed E-state index contributed by atoms with van der Waals surface area (Å²) in [5.74, 6) is 0. The predicted octanol–water partition coefficient (Wildman–Crippen LogP) is 6.29. The van der Waals surface area contributed by atoms with E-state index in [0.29, 0.717) is 0 Å². The van der Waals surface area contributed by atoms with Crippen LogP contribution in [0.5, 0.6) is 0 Å². The molecule has 0 radical (unpaired) electrons. The second kappa shape index (κ2) is 9.10. The highest BCUT2D eigenvalue weighted by atomic mass is 32.1. The Labute approximate surface area is 162 Å². The SMILES string of the molecule is CCCC(N)c1ccc(-c2ccc(-c3ccc(CCCCN)s3)s2)s1. The first kappa shape index (κ1) is 18.8. The van der Waals surface area contributed by atoms with Gasteiger partial charge in [0, 0.05) is 35.3 Å². The summed E-state index contributed by atoms with van der Waals surface area (Å²) in [5, 5.41) is 0. The standard InChI is InChI=1S/C20H26N2S3/c1-2-5-15(22)16-9-10-19(24-16)20-12-11-18(25-20)17-8-7-14(23-17)6-3-4-13-21/h7-12,15H,2-6,13,21-22H2,1H3. The van der Waals surface area contributed by atoms with Gasteiger partial charge < -0.3 is 11.5 Å². The molecule has 0 saturated heterocycles. The van der Waals surface area contributed by atoms with E-state index in [2.05, 4.69) is 43.3 Å². The first-order valence-electron chi connectivity index (χ1n) is 8.96. The van der Waals surface area contributed by atoms with Crippen LogP contribution in [0.3, 0.4) is 0 Å². The molecule has 0 saturated carbocycles. The lowest BCUT2D eigenvalue weighted by molar-refractivity contribution is 0.648. The Kier molecular flexibility index (Phi) is 6.84. The fraction of sp³-hybridized carbons (Fsp3) is 0.400. The summed E-state index contributed by atoms with van der Waals surface area (Å²) in [6, 6.07) is 13.6. The smallest absolute Gasteiger partial charge is 0.0449 e. The van der Waals surface area contributed by atoms with E-state index in [1.54, 1.807) is 0 Å². The Morgan fingerprint density at radius 1 is 0.840 bits per heavy atom. The van der Waals surface area contributed by atoms with Gasteiger partial charge in [0.15, 0.2) is 0 Å². The normalized spacial score (nSPS) is 12.6. The van der Waals surface area contributed by atoms with Gasteiger partial charge in [-0.2, -0.15) is 0 Å². The molecule has 25 heavy (non-hydrogen) atoms. The van der Waals surface area contributed by atoms with Crippen molar-refractivity contribution in [1.82, 2.24) is 0 Å². The number of unbranched alkanes of at least 4 members (excludes halogenated alkanes) is 1. The Hall–Kier alpha value is -0.980. The summed E-state index contributed by atoms with van der Waals surface area (Å²) in [5.41, 5.74) is 11.8. The highest BCUT2D eigenvalue weighted by Gasteiger charge is 2.12. The summed E-state index contributed by atoms with van der Waals surface area (Å²) < 4.78 is 0. The van der Waals surface area contributed by atoms with Crippen LogP contribution in [0.15, 0.2) is 36.4 Å². The highest BCUT2D eigenvalue weighted by molar-refractivity contribution is 7.26. The van der Waals surface area contributed by atoms with Crippen molar-refractivity contribution in [2.24, 2.45) is 11.5 Å². The summed E-state index contributed by atoms with van der Waals surface area (Å²) in [6.07, 6.45) is 5.62. The van der Waals surface area contributed by atoms with Gasteiger partial charge in [-0.05, 0) is 68.6 Å². The fourth-order valence-electron chi connectivity index (χ4n) is 2.83. The molecule has 0 aliphatic carbocycles. The molecule has 0 aliphatic heterocycles. The van der Waals surface area contributed by atoms with Gasteiger partial charge in [-0.3, -0.25) is 0 Å². The quantitative estimate of drug-likeness (QED) is 0.422. The van der Waals surface area contributed by atoms with Crippen molar-refractivity contribution in [3.63, 3.8) is 0 Å². The number of rotatable bonds is 9. The number of hydrogen-bond acceptors (Lipinski definition) is 5. The van der Waals surface area contributed by atoms with Gasteiger partial charge in [0.1, 0.15) is 0 Å². The number of thiophene rings is 3. The zero-order valence-electron chi connectivity index (χ0n) is 14.7. The minimum Gasteiger partial charge on any atom is -0.330 e. The van der Waals surface area contributed by atoms with E-state index in [-0.39, 0.29) is 6.04 Å². The summed E-state index contributed by atoms with van der Waals surface area (Å²) in [6.45, 7) is 2.97. The number of hydrogen-bond donors (Lipinski definition) is 2. The van der Waals surface area contributed by atoms with Crippen molar-refractivity contribution in [3.05, 3.63) is 46.2 Å². The van der Waals surface area contributed by atoms with Gasteiger partial charge in [-0.15, -0.1) is 34.0 Å². The van der Waals surface area contributed by atoms with E-state index in [0.717, 1.165) is 32.2 Å². The summed E-state index contributed by atoms with van der Waals surface area (Å²) >= 11 is 5.63. The van der Waals surface area contributed by atoms with Gasteiger partial charge in [-0.25, -0.2) is 0 Å². The zero-order chi connectivity index (χ0) is 17.6. The first-order valence-corrected chi connectivity index (χ1v) is 11.4. The predicted molar refractivity (Wildman–Crippen MR) is 115 cm³/mol. The molecule has 5 heteroatoms. The second-order valence-electron chi connectivity index (χ2n) is 6.27. The zero-order valence-corrected chi connectivity index (χ0v) is 17.1. The van der Waals surface area contributed by atoms with E-state index in [1.807, 2.05) is 34.0 Å². The second-order valence-corrected chi connectivity index (χ2v) is 9.64. The maximum atomic E-state index is 6.25. The monoisotopic (exact) mass is 390 g/mol. The van der Waals surface area contributed by atoms with Crippen LogP contribution in [0, 0.1) is 0 Å². The minimum atomic E-state index is 0.177. The summed E-state index contributed by atoms with van der Waals surface area (Å²) in [7, 11) is 0. The van der Waals surface area contributed by atoms with Crippen molar-refractivity contribution in [1.29, 1.82) is 0 Å². The minimum absolute atomic E-state index is 0.177. The average Bonchev–Trinajstić information content (AvgIpc) is 3.34. The van der Waals surface area contributed by atoms with E-state index in [9.17, 15) is 0 Å². The molecule has 134 valence electrons. The molecular formula is C20H26N2S3. The average molecular weight is 391 g/mol. The Morgan fingerprint density at radius 2 is 1.48 bits per heavy atom. The van der Waals surface area contributed by atoms with Gasteiger partial charge in [0.05, 0.1) is 0 Å². The molecule has 3 heterocycles. The first-order chi connectivity index (χ1) is 12.2. The molecule has 0 aliphatic rings. The lowest BCUT2D eigenvalue weighted by Gasteiger charge is -2.06. The maximum absolute atomic E-state index is 6.25. The molecule has 0 amide bonds. The molecule has 0 spiro atoms. The van der Waals surface area contributed by atoms with Crippen LogP contribution in [0.1, 0.15) is 48.4 Å². The molecule has 0 fully saturated rings. The fourth-order valence-corrected chi connectivity index (χ4v) is 6.11. The molecule has 0 bridgehead atoms. The van der Waals surface area contributed by atoms with Crippen LogP contribution in [0.4, 0.5) is 0 Å². The van der Waals surface area contributed by atoms with Crippen molar-refractivity contribution in [2.75, 3.05) is 6.54 Å². The molecule has 0 aromatic carbocycles. The largest absolute Gasteiger partial charge is 0.330 e. The summed E-state index contributed by atoms with van der Waals surface area (Å²) in [4.78, 5) is 8.16. The highest BCUT2D eigenvalue weighted by Crippen LogP contribution is 2.41. The molecule has 3 rings (SSSR count). The number of aryl methyl sites for hydroxylation is 1. The molecular weight excluding hydrogens is 364 g/mol. The van der Waals surface area contributed by atoms with Gasteiger partial charge in [-0.1, -0.05) is 13.3 Å². The lowest BCUT2D eigenvalue weighted by atomic mass is 10.1. The molecule has 1 atom stereocenters. The van der Waals surface area contributed by atoms with Crippen molar-refractivity contribution < 1.29 is 0 Å². The Bertz CT molecular complexity index is 784. The van der Waals surface area contributed by atoms with Gasteiger partial charge in [0.25, 0.3) is 0 Å². The third kappa shape index (κ3) is 4.80. The van der Waals surface area contributed by atoms with E-state index in [1.165, 1.54) is 35.7 Å². The Balaban J connectivity index is 1.70. The van der Waals surface area contributed by atoms with Gasteiger partial charge >= 0.3 is 0 Å². The van der Waals surface area contributed by atoms with E-state index < -0.39 is 0 Å². The molecule has 1 unspecified atom stereocenters. The van der Waals surface area contributed by atoms with Crippen LogP contribution in [-0.2, 0) is 6.42 Å². The van der Waals surface area contributed by atoms with Crippen LogP contribution in [0.2, 0.25) is 0 Å². The third-order valence-corrected chi connectivity index (χ3v) is 8.06. The third-order valence-electron chi connectivity index (χ3n) is 4.22. The van der Waals surface area contributed by atoms with Gasteiger partial charge in [0.2, 0.25) is 0 Å². The molecule has 2 nitrogen and oxygen atoms in total. The lowest BCUT2D eigenvalue weighted by Crippen LogP contribution is -2.07. The number of nitrogens with two attached hydrogens (primary N) is 2. The van der Waals surface area contributed by atoms with Crippen molar-refractivity contribution >= 4 is 34.0 Å². The van der Waals surface area contributed by atoms with Crippen molar-refractivity contribution in [2.45, 2.75) is 45.1 Å². The van der Waals surface area contributed by atoms with Crippen LogP contribution in [-0.4, -0.2) is 6.54 Å². The van der Waals surface area contributed by atoms with Crippen LogP contribution >= 0.6 is 34.0 Å². The Morgan fingerprint density at radius 3 is 2.20 bits per heavy atom. The topological polar surface area (TPSA) is 52.0 Å². The molecule has 3 aromatic rings. The molecule has 4 N–H and O–H groups in total. The van der Waals surface area contributed by atoms with Crippen LogP contribution in [0.25, 0.3) is 19.5 Å². The maximum Gasteiger partial charge on any atom is 0.0449 e.